The Morgan fingerprint density at radius 3 is 1.67 bits per heavy atom. The summed E-state index contributed by atoms with van der Waals surface area (Å²) in [6.07, 6.45) is -0.234. The quantitative estimate of drug-likeness (QED) is 0.175. The van der Waals surface area contributed by atoms with Gasteiger partial charge in [0, 0.05) is 50.2 Å². The molecule has 260 valence electrons. The summed E-state index contributed by atoms with van der Waals surface area (Å²) in [5, 5.41) is 10.5. The Morgan fingerprint density at radius 1 is 0.382 bits per heavy atom. The number of benzene rings is 9. The summed E-state index contributed by atoms with van der Waals surface area (Å²) in [6, 6.07) is 68.6. The topological polar surface area (TPSA) is 37.6 Å². The van der Waals surface area contributed by atoms with Crippen LogP contribution in [0, 0.1) is 0 Å². The van der Waals surface area contributed by atoms with Gasteiger partial charge >= 0.3 is 0 Å². The van der Waals surface area contributed by atoms with Crippen molar-refractivity contribution in [3.8, 4) is 28.0 Å². The van der Waals surface area contributed by atoms with Gasteiger partial charge in [-0.1, -0.05) is 133 Å². The van der Waals surface area contributed by atoms with Gasteiger partial charge in [0.2, 0.25) is 0 Å². The first kappa shape index (κ1) is 31.2. The molecule has 11 rings (SSSR count). The van der Waals surface area contributed by atoms with Crippen molar-refractivity contribution in [1.29, 1.82) is 0 Å². The second-order valence-electron chi connectivity index (χ2n) is 14.1. The Hall–Kier alpha value is -7.30. The summed E-state index contributed by atoms with van der Waals surface area (Å²) < 4.78 is 13.0. The number of nitrogens with one attached hydrogen (secondary N) is 1. The SMILES string of the molecule is c1ccc(-c2ccc(N(c3ccc(-c4ccc5c6c(c7ccccc7c5c4)NC(c4ccccc4)O6)cc3)c3ccc4c(c3)oc3ccccc34)cc2)cc1. The van der Waals surface area contributed by atoms with Crippen LogP contribution in [0.15, 0.2) is 199 Å². The number of furan rings is 1. The van der Waals surface area contributed by atoms with E-state index in [0.717, 1.165) is 77.9 Å². The molecule has 0 fully saturated rings. The average Bonchev–Trinajstić information content (AvgIpc) is 3.88. The molecule has 0 saturated heterocycles. The highest BCUT2D eigenvalue weighted by Crippen LogP contribution is 2.49. The van der Waals surface area contributed by atoms with Gasteiger partial charge < -0.3 is 19.4 Å². The second kappa shape index (κ2) is 12.7. The maximum atomic E-state index is 6.64. The average molecular weight is 707 g/mol. The number of rotatable bonds is 6. The lowest BCUT2D eigenvalue weighted by Crippen LogP contribution is -2.09. The molecule has 0 amide bonds. The van der Waals surface area contributed by atoms with E-state index in [2.05, 4.69) is 186 Å². The molecule has 0 saturated carbocycles. The molecule has 0 bridgehead atoms. The third-order valence-electron chi connectivity index (χ3n) is 10.9. The fraction of sp³-hybridized carbons (Fsp3) is 0.0196. The predicted molar refractivity (Wildman–Crippen MR) is 228 cm³/mol. The van der Waals surface area contributed by atoms with Crippen molar-refractivity contribution in [3.05, 3.63) is 200 Å². The van der Waals surface area contributed by atoms with E-state index in [9.17, 15) is 0 Å². The Labute approximate surface area is 318 Å². The smallest absolute Gasteiger partial charge is 0.196 e. The van der Waals surface area contributed by atoms with Gasteiger partial charge in [0.05, 0.1) is 5.69 Å². The van der Waals surface area contributed by atoms with Gasteiger partial charge in [-0.05, 0) is 87.6 Å². The molecular formula is C51H34N2O2. The Bertz CT molecular complexity index is 3030. The fourth-order valence-electron chi connectivity index (χ4n) is 8.20. The Morgan fingerprint density at radius 2 is 0.927 bits per heavy atom. The van der Waals surface area contributed by atoms with Crippen molar-refractivity contribution in [2.75, 3.05) is 10.2 Å². The summed E-state index contributed by atoms with van der Waals surface area (Å²) in [7, 11) is 0. The summed E-state index contributed by atoms with van der Waals surface area (Å²) >= 11 is 0. The highest BCUT2D eigenvalue weighted by Gasteiger charge is 2.28. The normalized spacial score (nSPS) is 13.6. The highest BCUT2D eigenvalue weighted by atomic mass is 16.5. The fourth-order valence-corrected chi connectivity index (χ4v) is 8.20. The molecule has 10 aromatic rings. The lowest BCUT2D eigenvalue weighted by molar-refractivity contribution is 0.262. The Kier molecular flexibility index (Phi) is 7.20. The maximum absolute atomic E-state index is 6.64. The van der Waals surface area contributed by atoms with Gasteiger partial charge in [-0.15, -0.1) is 0 Å². The van der Waals surface area contributed by atoms with Crippen molar-refractivity contribution >= 4 is 66.2 Å². The molecule has 0 radical (unpaired) electrons. The maximum Gasteiger partial charge on any atom is 0.196 e. The van der Waals surface area contributed by atoms with Crippen molar-refractivity contribution in [3.63, 3.8) is 0 Å². The van der Waals surface area contributed by atoms with E-state index >= 15 is 0 Å². The Balaban J connectivity index is 0.991. The number of ether oxygens (including phenoxy) is 1. The van der Waals surface area contributed by atoms with E-state index in [-0.39, 0.29) is 6.23 Å². The zero-order valence-corrected chi connectivity index (χ0v) is 29.8. The van der Waals surface area contributed by atoms with E-state index in [1.54, 1.807) is 0 Å². The summed E-state index contributed by atoms with van der Waals surface area (Å²) in [5.74, 6) is 0.903. The summed E-state index contributed by atoms with van der Waals surface area (Å²) in [6.45, 7) is 0. The third kappa shape index (κ3) is 5.30. The van der Waals surface area contributed by atoms with Crippen LogP contribution in [0.4, 0.5) is 22.7 Å². The predicted octanol–water partition coefficient (Wildman–Crippen LogP) is 14.2. The molecule has 1 atom stereocenters. The number of anilines is 4. The van der Waals surface area contributed by atoms with Crippen molar-refractivity contribution in [2.24, 2.45) is 0 Å². The number of hydrogen-bond donors (Lipinski definition) is 1. The van der Waals surface area contributed by atoms with Crippen LogP contribution < -0.4 is 15.0 Å². The van der Waals surface area contributed by atoms with E-state index in [1.807, 2.05) is 18.2 Å². The largest absolute Gasteiger partial charge is 0.464 e. The molecular weight excluding hydrogens is 673 g/mol. The minimum Gasteiger partial charge on any atom is -0.464 e. The van der Waals surface area contributed by atoms with Gasteiger partial charge in [-0.2, -0.15) is 0 Å². The first-order valence-electron chi connectivity index (χ1n) is 18.7. The van der Waals surface area contributed by atoms with Gasteiger partial charge in [0.25, 0.3) is 0 Å². The number of nitrogens with zero attached hydrogens (tertiary/aromatic N) is 1. The number of hydrogen-bond acceptors (Lipinski definition) is 4. The van der Waals surface area contributed by atoms with Crippen LogP contribution >= 0.6 is 0 Å². The van der Waals surface area contributed by atoms with Crippen LogP contribution in [0.25, 0.3) is 65.7 Å². The molecule has 0 aliphatic carbocycles. The second-order valence-corrected chi connectivity index (χ2v) is 14.1. The monoisotopic (exact) mass is 706 g/mol. The lowest BCUT2D eigenvalue weighted by atomic mass is 9.95. The van der Waals surface area contributed by atoms with Crippen LogP contribution in [0.3, 0.4) is 0 Å². The molecule has 4 nitrogen and oxygen atoms in total. The molecule has 2 heterocycles. The molecule has 1 aliphatic rings. The first-order valence-corrected chi connectivity index (χ1v) is 18.7. The van der Waals surface area contributed by atoms with E-state index in [1.165, 1.54) is 21.9 Å². The zero-order chi connectivity index (χ0) is 36.3. The van der Waals surface area contributed by atoms with Gasteiger partial charge in [0.15, 0.2) is 12.0 Å². The minimum absolute atomic E-state index is 0.234. The molecule has 1 unspecified atom stereocenters. The molecule has 1 aliphatic heterocycles. The molecule has 4 heteroatoms. The van der Waals surface area contributed by atoms with Crippen molar-refractivity contribution < 1.29 is 9.15 Å². The molecule has 1 N–H and O–H groups in total. The highest BCUT2D eigenvalue weighted by molar-refractivity contribution is 6.18. The lowest BCUT2D eigenvalue weighted by Gasteiger charge is -2.26. The summed E-state index contributed by atoms with van der Waals surface area (Å²) in [4.78, 5) is 2.30. The van der Waals surface area contributed by atoms with Gasteiger partial charge in [-0.3, -0.25) is 0 Å². The van der Waals surface area contributed by atoms with E-state index < -0.39 is 0 Å². The molecule has 55 heavy (non-hydrogen) atoms. The van der Waals surface area contributed by atoms with E-state index in [4.69, 9.17) is 9.15 Å². The van der Waals surface area contributed by atoms with Crippen molar-refractivity contribution in [2.45, 2.75) is 6.23 Å². The minimum atomic E-state index is -0.234. The molecule has 0 spiro atoms. The van der Waals surface area contributed by atoms with Crippen LogP contribution in [0.2, 0.25) is 0 Å². The molecule has 9 aromatic carbocycles. The van der Waals surface area contributed by atoms with Crippen LogP contribution in [-0.4, -0.2) is 0 Å². The van der Waals surface area contributed by atoms with Crippen LogP contribution in [0.1, 0.15) is 11.8 Å². The van der Waals surface area contributed by atoms with E-state index in [0.29, 0.717) is 0 Å². The van der Waals surface area contributed by atoms with Gasteiger partial charge in [0.1, 0.15) is 11.2 Å². The number of para-hydroxylation sites is 1. The summed E-state index contributed by atoms with van der Waals surface area (Å²) in [5.41, 5.74) is 11.7. The molecule has 1 aromatic heterocycles. The van der Waals surface area contributed by atoms with Gasteiger partial charge in [-0.25, -0.2) is 0 Å². The van der Waals surface area contributed by atoms with Crippen molar-refractivity contribution in [1.82, 2.24) is 0 Å². The van der Waals surface area contributed by atoms with Crippen LogP contribution in [0.5, 0.6) is 5.75 Å². The third-order valence-corrected chi connectivity index (χ3v) is 10.9. The standard InChI is InChI=1S/C51H34N2O2/c1-3-11-33(12-4-1)34-19-24-38(25-20-34)53(40-28-30-43-42-16-9-10-18-47(42)54-48(43)32-40)39-26-21-35(22-27-39)37-23-29-45-46(31-37)41-15-7-8-17-44(41)49-50(45)55-51(52-49)36-13-5-2-6-14-36/h1-32,51-52H. The zero-order valence-electron chi connectivity index (χ0n) is 29.8. The number of fused-ring (bicyclic) bond motifs is 9. The van der Waals surface area contributed by atoms with Crippen LogP contribution in [-0.2, 0) is 0 Å². The first-order chi connectivity index (χ1) is 27.2.